The minimum absolute atomic E-state index is 0.138. The fraction of sp³-hybridized carbons (Fsp3) is 0.611. The number of rotatable bonds is 7. The molecule has 1 unspecified atom stereocenters. The molecule has 1 aliphatic rings. The SMILES string of the molecule is CC(=O)c1cccc(S(=O)(=O)NCC(C(C)C)N2CCCCC2)c1. The van der Waals surface area contributed by atoms with Gasteiger partial charge in [0, 0.05) is 18.2 Å². The first kappa shape index (κ1) is 19.1. The Morgan fingerprint density at radius 1 is 1.21 bits per heavy atom. The molecule has 0 saturated carbocycles. The average Bonchev–Trinajstić information content (AvgIpc) is 2.55. The van der Waals surface area contributed by atoms with E-state index in [4.69, 9.17) is 0 Å². The van der Waals surface area contributed by atoms with Gasteiger partial charge >= 0.3 is 0 Å². The Morgan fingerprint density at radius 3 is 2.46 bits per heavy atom. The van der Waals surface area contributed by atoms with E-state index < -0.39 is 10.0 Å². The summed E-state index contributed by atoms with van der Waals surface area (Å²) in [6, 6.07) is 6.40. The summed E-state index contributed by atoms with van der Waals surface area (Å²) in [4.78, 5) is 14.0. The van der Waals surface area contributed by atoms with Crippen molar-refractivity contribution in [2.45, 2.75) is 51.0 Å². The Kier molecular flexibility index (Phi) is 6.54. The van der Waals surface area contributed by atoms with Crippen molar-refractivity contribution < 1.29 is 13.2 Å². The highest BCUT2D eigenvalue weighted by Crippen LogP contribution is 2.18. The van der Waals surface area contributed by atoms with Gasteiger partial charge in [0.2, 0.25) is 10.0 Å². The summed E-state index contributed by atoms with van der Waals surface area (Å²) < 4.78 is 27.9. The van der Waals surface area contributed by atoms with E-state index in [0.29, 0.717) is 18.0 Å². The average molecular weight is 353 g/mol. The maximum Gasteiger partial charge on any atom is 0.240 e. The van der Waals surface area contributed by atoms with Gasteiger partial charge in [0.15, 0.2) is 5.78 Å². The van der Waals surface area contributed by atoms with E-state index in [1.54, 1.807) is 12.1 Å². The van der Waals surface area contributed by atoms with Gasteiger partial charge in [0.1, 0.15) is 0 Å². The summed E-state index contributed by atoms with van der Waals surface area (Å²) in [7, 11) is -3.61. The first-order valence-electron chi connectivity index (χ1n) is 8.66. The quantitative estimate of drug-likeness (QED) is 0.766. The Hall–Kier alpha value is -1.24. The second kappa shape index (κ2) is 8.23. The molecular formula is C18H28N2O3S. The van der Waals surface area contributed by atoms with Crippen LogP contribution < -0.4 is 4.72 Å². The highest BCUT2D eigenvalue weighted by molar-refractivity contribution is 7.89. The lowest BCUT2D eigenvalue weighted by Gasteiger charge is -2.37. The van der Waals surface area contributed by atoms with E-state index in [-0.39, 0.29) is 16.7 Å². The molecular weight excluding hydrogens is 324 g/mol. The molecule has 0 radical (unpaired) electrons. The van der Waals surface area contributed by atoms with Crippen LogP contribution in [0.15, 0.2) is 29.2 Å². The number of benzene rings is 1. The molecule has 1 fully saturated rings. The van der Waals surface area contributed by atoms with Crippen LogP contribution in [0.3, 0.4) is 0 Å². The molecule has 5 nitrogen and oxygen atoms in total. The van der Waals surface area contributed by atoms with Crippen LogP contribution >= 0.6 is 0 Å². The fourth-order valence-corrected chi connectivity index (χ4v) is 4.29. The van der Waals surface area contributed by atoms with Gasteiger partial charge in [-0.25, -0.2) is 13.1 Å². The van der Waals surface area contributed by atoms with Crippen molar-refractivity contribution in [1.29, 1.82) is 0 Å². The summed E-state index contributed by atoms with van der Waals surface area (Å²) in [5, 5.41) is 0. The second-order valence-corrected chi connectivity index (χ2v) is 8.61. The van der Waals surface area contributed by atoms with Crippen molar-refractivity contribution in [3.63, 3.8) is 0 Å². The van der Waals surface area contributed by atoms with E-state index in [9.17, 15) is 13.2 Å². The number of ketones is 1. The third-order valence-electron chi connectivity index (χ3n) is 4.66. The minimum atomic E-state index is -3.61. The number of carbonyl (C=O) groups is 1. The Balaban J connectivity index is 2.10. The number of piperidine rings is 1. The molecule has 1 heterocycles. The van der Waals surface area contributed by atoms with Crippen molar-refractivity contribution in [2.24, 2.45) is 5.92 Å². The van der Waals surface area contributed by atoms with Gasteiger partial charge < -0.3 is 0 Å². The monoisotopic (exact) mass is 352 g/mol. The highest BCUT2D eigenvalue weighted by Gasteiger charge is 2.25. The zero-order valence-corrected chi connectivity index (χ0v) is 15.6. The van der Waals surface area contributed by atoms with Gasteiger partial charge in [-0.15, -0.1) is 0 Å². The molecule has 1 aromatic carbocycles. The molecule has 1 atom stereocenters. The molecule has 0 aromatic heterocycles. The second-order valence-electron chi connectivity index (χ2n) is 6.84. The lowest BCUT2D eigenvalue weighted by atomic mass is 9.99. The Morgan fingerprint density at radius 2 is 1.88 bits per heavy atom. The fourth-order valence-electron chi connectivity index (χ4n) is 3.20. The zero-order valence-electron chi connectivity index (χ0n) is 14.8. The molecule has 0 amide bonds. The number of hydrogen-bond acceptors (Lipinski definition) is 4. The van der Waals surface area contributed by atoms with E-state index >= 15 is 0 Å². The predicted molar refractivity (Wildman–Crippen MR) is 95.7 cm³/mol. The van der Waals surface area contributed by atoms with E-state index in [2.05, 4.69) is 23.5 Å². The highest BCUT2D eigenvalue weighted by atomic mass is 32.2. The molecule has 0 spiro atoms. The summed E-state index contributed by atoms with van der Waals surface area (Å²) in [6.45, 7) is 8.15. The molecule has 1 aliphatic heterocycles. The van der Waals surface area contributed by atoms with Crippen molar-refractivity contribution in [3.8, 4) is 0 Å². The minimum Gasteiger partial charge on any atom is -0.299 e. The van der Waals surface area contributed by atoms with Crippen LogP contribution in [0.1, 0.15) is 50.4 Å². The number of nitrogens with one attached hydrogen (secondary N) is 1. The van der Waals surface area contributed by atoms with Crippen LogP contribution in [0, 0.1) is 5.92 Å². The van der Waals surface area contributed by atoms with Gasteiger partial charge in [0.25, 0.3) is 0 Å². The number of likely N-dealkylation sites (tertiary alicyclic amines) is 1. The number of hydrogen-bond donors (Lipinski definition) is 1. The maximum absolute atomic E-state index is 12.6. The smallest absolute Gasteiger partial charge is 0.240 e. The summed E-state index contributed by atoms with van der Waals surface area (Å²) in [5.74, 6) is 0.231. The van der Waals surface area contributed by atoms with Gasteiger partial charge in [-0.3, -0.25) is 9.69 Å². The molecule has 6 heteroatoms. The predicted octanol–water partition coefficient (Wildman–Crippen LogP) is 2.68. The first-order valence-corrected chi connectivity index (χ1v) is 10.1. The van der Waals surface area contributed by atoms with Gasteiger partial charge in [-0.1, -0.05) is 32.4 Å². The van der Waals surface area contributed by atoms with Gasteiger partial charge in [-0.2, -0.15) is 0 Å². The van der Waals surface area contributed by atoms with E-state index in [0.717, 1.165) is 13.1 Å². The molecule has 1 saturated heterocycles. The number of nitrogens with zero attached hydrogens (tertiary/aromatic N) is 1. The zero-order chi connectivity index (χ0) is 17.7. The molecule has 1 aromatic rings. The molecule has 0 bridgehead atoms. The van der Waals surface area contributed by atoms with Gasteiger partial charge in [-0.05, 0) is 50.9 Å². The number of Topliss-reactive ketones (excluding diaryl/α,β-unsaturated/α-hetero) is 1. The van der Waals surface area contributed by atoms with Crippen molar-refractivity contribution in [1.82, 2.24) is 9.62 Å². The summed E-state index contributed by atoms with van der Waals surface area (Å²) in [6.07, 6.45) is 3.61. The lowest BCUT2D eigenvalue weighted by Crippen LogP contribution is -2.48. The Labute approximate surface area is 145 Å². The number of carbonyl (C=O) groups excluding carboxylic acids is 1. The molecule has 134 valence electrons. The topological polar surface area (TPSA) is 66.5 Å². The largest absolute Gasteiger partial charge is 0.299 e. The van der Waals surface area contributed by atoms with Crippen LogP contribution in [-0.4, -0.2) is 44.8 Å². The van der Waals surface area contributed by atoms with Crippen LogP contribution in [0.5, 0.6) is 0 Å². The summed E-state index contributed by atoms with van der Waals surface area (Å²) in [5.41, 5.74) is 0.411. The Bertz CT molecular complexity index is 665. The van der Waals surface area contributed by atoms with Crippen LogP contribution in [0.25, 0.3) is 0 Å². The molecule has 2 rings (SSSR count). The first-order chi connectivity index (χ1) is 11.3. The maximum atomic E-state index is 12.6. The molecule has 24 heavy (non-hydrogen) atoms. The lowest BCUT2D eigenvalue weighted by molar-refractivity contribution is 0.101. The standard InChI is InChI=1S/C18H28N2O3S/c1-14(2)18(20-10-5-4-6-11-20)13-19-24(22,23)17-9-7-8-16(12-17)15(3)21/h7-9,12,14,18-19H,4-6,10-11,13H2,1-3H3. The van der Waals surface area contributed by atoms with Crippen molar-refractivity contribution in [2.75, 3.05) is 19.6 Å². The van der Waals surface area contributed by atoms with Gasteiger partial charge in [0.05, 0.1) is 4.90 Å². The molecule has 0 aliphatic carbocycles. The van der Waals surface area contributed by atoms with E-state index in [1.807, 2.05) is 0 Å². The third-order valence-corrected chi connectivity index (χ3v) is 6.08. The molecule has 1 N–H and O–H groups in total. The van der Waals surface area contributed by atoms with E-state index in [1.165, 1.54) is 38.3 Å². The normalized spacial score (nSPS) is 17.8. The number of sulfonamides is 1. The van der Waals surface area contributed by atoms with Crippen LogP contribution in [0.4, 0.5) is 0 Å². The van der Waals surface area contributed by atoms with Crippen molar-refractivity contribution >= 4 is 15.8 Å². The van der Waals surface area contributed by atoms with Crippen LogP contribution in [0.2, 0.25) is 0 Å². The van der Waals surface area contributed by atoms with Crippen LogP contribution in [-0.2, 0) is 10.0 Å². The van der Waals surface area contributed by atoms with Crippen molar-refractivity contribution in [3.05, 3.63) is 29.8 Å². The third kappa shape index (κ3) is 4.88. The summed E-state index contributed by atoms with van der Waals surface area (Å²) >= 11 is 0.